The second kappa shape index (κ2) is 4.81. The molecule has 2 N–H and O–H groups in total. The van der Waals surface area contributed by atoms with Crippen LogP contribution in [0.1, 0.15) is 34.5 Å². The Labute approximate surface area is 133 Å². The molecule has 4 rings (SSSR count). The van der Waals surface area contributed by atoms with Gasteiger partial charge in [0.05, 0.1) is 11.2 Å². The molecular weight excluding hydrogens is 290 g/mol. The van der Waals surface area contributed by atoms with Crippen LogP contribution in [0.4, 0.5) is 0 Å². The van der Waals surface area contributed by atoms with Gasteiger partial charge in [0.15, 0.2) is 5.75 Å². The molecule has 23 heavy (non-hydrogen) atoms. The van der Waals surface area contributed by atoms with Gasteiger partial charge in [-0.15, -0.1) is 0 Å². The first-order valence-electron chi connectivity index (χ1n) is 7.54. The van der Waals surface area contributed by atoms with Gasteiger partial charge in [0.2, 0.25) is 0 Å². The summed E-state index contributed by atoms with van der Waals surface area (Å²) in [7, 11) is 0. The highest BCUT2D eigenvalue weighted by Gasteiger charge is 2.49. The summed E-state index contributed by atoms with van der Waals surface area (Å²) < 4.78 is 0. The van der Waals surface area contributed by atoms with Crippen molar-refractivity contribution in [1.82, 2.24) is 4.98 Å². The molecule has 0 saturated heterocycles. The average molecular weight is 305 g/mol. The lowest BCUT2D eigenvalue weighted by Crippen LogP contribution is -2.14. The van der Waals surface area contributed by atoms with Crippen molar-refractivity contribution >= 4 is 16.9 Å². The van der Waals surface area contributed by atoms with Crippen molar-refractivity contribution in [2.24, 2.45) is 0 Å². The average Bonchev–Trinajstić information content (AvgIpc) is 3.36. The zero-order valence-corrected chi connectivity index (χ0v) is 12.4. The number of rotatable bonds is 3. The van der Waals surface area contributed by atoms with Gasteiger partial charge in [-0.2, -0.15) is 0 Å². The molecule has 4 heteroatoms. The number of nitrogens with zero attached hydrogens (tertiary/aromatic N) is 1. The number of aromatic nitrogens is 1. The predicted octanol–water partition coefficient (Wildman–Crippen LogP) is 3.72. The molecule has 1 fully saturated rings. The molecule has 1 aliphatic rings. The normalized spacial score (nSPS) is 15.5. The molecule has 2 aromatic carbocycles. The lowest BCUT2D eigenvalue weighted by molar-refractivity contribution is 0.0695. The van der Waals surface area contributed by atoms with Crippen molar-refractivity contribution in [2.75, 3.05) is 0 Å². The zero-order valence-electron chi connectivity index (χ0n) is 12.4. The molecule has 1 heterocycles. The maximum absolute atomic E-state index is 11.7. The summed E-state index contributed by atoms with van der Waals surface area (Å²) in [5.74, 6) is -1.34. The first kappa shape index (κ1) is 13.8. The van der Waals surface area contributed by atoms with Crippen molar-refractivity contribution in [2.45, 2.75) is 18.3 Å². The fourth-order valence-corrected chi connectivity index (χ4v) is 3.30. The molecule has 1 aliphatic carbocycles. The highest BCUT2D eigenvalue weighted by molar-refractivity contribution is 6.05. The monoisotopic (exact) mass is 305 g/mol. The van der Waals surface area contributed by atoms with Crippen LogP contribution < -0.4 is 0 Å². The highest BCUT2D eigenvalue weighted by Crippen LogP contribution is 2.56. The summed E-state index contributed by atoms with van der Waals surface area (Å²) in [4.78, 5) is 16.3. The van der Waals surface area contributed by atoms with Crippen LogP contribution in [0, 0.1) is 0 Å². The summed E-state index contributed by atoms with van der Waals surface area (Å²) in [5, 5.41) is 20.7. The number of aromatic hydroxyl groups is 1. The Morgan fingerprint density at radius 1 is 1.00 bits per heavy atom. The Morgan fingerprint density at radius 2 is 1.65 bits per heavy atom. The first-order chi connectivity index (χ1) is 11.1. The molecule has 1 aromatic heterocycles. The molecule has 0 bridgehead atoms. The van der Waals surface area contributed by atoms with Crippen molar-refractivity contribution in [3.63, 3.8) is 0 Å². The number of hydrogen-bond donors (Lipinski definition) is 2. The van der Waals surface area contributed by atoms with Gasteiger partial charge >= 0.3 is 5.97 Å². The molecule has 0 radical (unpaired) electrons. The molecule has 114 valence electrons. The highest BCUT2D eigenvalue weighted by atomic mass is 16.4. The Hall–Kier alpha value is -2.88. The topological polar surface area (TPSA) is 70.4 Å². The van der Waals surface area contributed by atoms with Crippen molar-refractivity contribution < 1.29 is 15.0 Å². The van der Waals surface area contributed by atoms with E-state index in [1.807, 2.05) is 36.4 Å². The van der Waals surface area contributed by atoms with E-state index in [0.29, 0.717) is 16.6 Å². The molecule has 1 saturated carbocycles. The van der Waals surface area contributed by atoms with Gasteiger partial charge in [0, 0.05) is 10.8 Å². The van der Waals surface area contributed by atoms with E-state index in [-0.39, 0.29) is 16.7 Å². The van der Waals surface area contributed by atoms with E-state index in [2.05, 4.69) is 4.98 Å². The third-order valence-corrected chi connectivity index (χ3v) is 4.61. The largest absolute Gasteiger partial charge is 0.505 e. The number of carboxylic acid groups (broad SMARTS) is 1. The molecule has 0 spiro atoms. The van der Waals surface area contributed by atoms with Crippen LogP contribution in [0.25, 0.3) is 10.9 Å². The maximum Gasteiger partial charge on any atom is 0.340 e. The third kappa shape index (κ3) is 1.99. The summed E-state index contributed by atoms with van der Waals surface area (Å²) in [6.07, 6.45) is 1.71. The number of aromatic carboxylic acids is 1. The fraction of sp³-hybridized carbons (Fsp3) is 0.158. The summed E-state index contributed by atoms with van der Waals surface area (Å²) in [5.41, 5.74) is 1.70. The van der Waals surface area contributed by atoms with Gasteiger partial charge in [0.25, 0.3) is 0 Å². The molecule has 0 aliphatic heterocycles. The van der Waals surface area contributed by atoms with Crippen LogP contribution in [0.5, 0.6) is 5.75 Å². The van der Waals surface area contributed by atoms with E-state index >= 15 is 0 Å². The van der Waals surface area contributed by atoms with Gasteiger partial charge in [-0.25, -0.2) is 9.78 Å². The standard InChI is InChI=1S/C19H15NO3/c21-16-15(18(22)23)13-8-4-5-9-14(13)20-17(16)19(10-11-19)12-6-2-1-3-7-12/h1-9,21H,10-11H2,(H,22,23). The number of para-hydroxylation sites is 1. The molecule has 0 unspecified atom stereocenters. The van der Waals surface area contributed by atoms with Crippen LogP contribution in [-0.2, 0) is 5.41 Å². The smallest absolute Gasteiger partial charge is 0.340 e. The van der Waals surface area contributed by atoms with Crippen molar-refractivity contribution in [3.05, 3.63) is 71.4 Å². The summed E-state index contributed by atoms with van der Waals surface area (Å²) in [6.45, 7) is 0. The van der Waals surface area contributed by atoms with Crippen molar-refractivity contribution in [3.8, 4) is 5.75 Å². The minimum absolute atomic E-state index is 0.0622. The molecule has 0 atom stereocenters. The Morgan fingerprint density at radius 3 is 2.30 bits per heavy atom. The molecule has 3 aromatic rings. The number of carboxylic acids is 1. The second-order valence-corrected chi connectivity index (χ2v) is 5.95. The maximum atomic E-state index is 11.7. The van der Waals surface area contributed by atoms with Crippen LogP contribution in [0.15, 0.2) is 54.6 Å². The van der Waals surface area contributed by atoms with Crippen molar-refractivity contribution in [1.29, 1.82) is 0 Å². The summed E-state index contributed by atoms with van der Waals surface area (Å²) in [6, 6.07) is 16.9. The first-order valence-corrected chi connectivity index (χ1v) is 7.54. The fourth-order valence-electron chi connectivity index (χ4n) is 3.30. The zero-order chi connectivity index (χ0) is 16.0. The third-order valence-electron chi connectivity index (χ3n) is 4.61. The minimum Gasteiger partial charge on any atom is -0.505 e. The van der Waals surface area contributed by atoms with E-state index in [0.717, 1.165) is 18.4 Å². The van der Waals surface area contributed by atoms with E-state index in [4.69, 9.17) is 0 Å². The van der Waals surface area contributed by atoms with Crippen LogP contribution in [0.2, 0.25) is 0 Å². The van der Waals surface area contributed by atoms with E-state index in [9.17, 15) is 15.0 Å². The molecule has 4 nitrogen and oxygen atoms in total. The van der Waals surface area contributed by atoms with Crippen LogP contribution in [-0.4, -0.2) is 21.2 Å². The Balaban J connectivity index is 2.02. The Bertz CT molecular complexity index is 915. The quantitative estimate of drug-likeness (QED) is 0.773. The second-order valence-electron chi connectivity index (χ2n) is 5.95. The van der Waals surface area contributed by atoms with Gasteiger partial charge < -0.3 is 10.2 Å². The Kier molecular flexibility index (Phi) is 2.88. The van der Waals surface area contributed by atoms with E-state index in [1.54, 1.807) is 18.2 Å². The van der Waals surface area contributed by atoms with Gasteiger partial charge in [-0.3, -0.25) is 0 Å². The van der Waals surface area contributed by atoms with Crippen LogP contribution >= 0.6 is 0 Å². The number of benzene rings is 2. The molecular formula is C19H15NO3. The van der Waals surface area contributed by atoms with Crippen LogP contribution in [0.3, 0.4) is 0 Å². The number of hydrogen-bond acceptors (Lipinski definition) is 3. The minimum atomic E-state index is -1.13. The van der Waals surface area contributed by atoms with Gasteiger partial charge in [-0.1, -0.05) is 48.5 Å². The lowest BCUT2D eigenvalue weighted by atomic mass is 9.89. The van der Waals surface area contributed by atoms with Gasteiger partial charge in [-0.05, 0) is 24.5 Å². The molecule has 0 amide bonds. The lowest BCUT2D eigenvalue weighted by Gasteiger charge is -2.19. The number of pyridine rings is 1. The summed E-state index contributed by atoms with van der Waals surface area (Å²) >= 11 is 0. The van der Waals surface area contributed by atoms with E-state index < -0.39 is 5.97 Å². The number of fused-ring (bicyclic) bond motifs is 1. The predicted molar refractivity (Wildman–Crippen MR) is 86.8 cm³/mol. The van der Waals surface area contributed by atoms with E-state index in [1.165, 1.54) is 0 Å². The van der Waals surface area contributed by atoms with Gasteiger partial charge in [0.1, 0.15) is 5.56 Å². The number of carbonyl (C=O) groups is 1. The SMILES string of the molecule is O=C(O)c1c(O)c(C2(c3ccccc3)CC2)nc2ccccc12.